The monoisotopic (exact) mass is 252 g/mol. The molecule has 0 aliphatic heterocycles. The maximum Gasteiger partial charge on any atom is 0.472 e. The third kappa shape index (κ3) is 8.28. The molecule has 0 bridgehead atoms. The molecule has 0 aromatic carbocycles. The second kappa shape index (κ2) is 8.24. The highest BCUT2D eigenvalue weighted by molar-refractivity contribution is 7.47. The molecule has 0 heterocycles. The number of phosphoric ester groups is 1. The highest BCUT2D eigenvalue weighted by Gasteiger charge is 2.25. The van der Waals surface area contributed by atoms with Gasteiger partial charge in [-0.05, 0) is 31.6 Å². The first kappa shape index (κ1) is 16.1. The molecular weight excluding hydrogens is 227 g/mol. The van der Waals surface area contributed by atoms with Gasteiger partial charge in [0.05, 0.1) is 12.7 Å². The minimum Gasteiger partial charge on any atom is -0.302 e. The lowest BCUT2D eigenvalue weighted by molar-refractivity contribution is 0.0938. The van der Waals surface area contributed by atoms with E-state index in [-0.39, 0.29) is 12.7 Å². The van der Waals surface area contributed by atoms with Crippen LogP contribution in [0.15, 0.2) is 0 Å². The average Bonchev–Trinajstić information content (AvgIpc) is 2.21. The van der Waals surface area contributed by atoms with Gasteiger partial charge in [-0.25, -0.2) is 4.57 Å². The Balaban J connectivity index is 4.03. The maximum atomic E-state index is 11.5. The zero-order valence-electron chi connectivity index (χ0n) is 10.8. The molecule has 0 rings (SSSR count). The van der Waals surface area contributed by atoms with E-state index in [0.29, 0.717) is 12.3 Å². The van der Waals surface area contributed by atoms with Crippen molar-refractivity contribution < 1.29 is 18.5 Å². The van der Waals surface area contributed by atoms with Crippen LogP contribution in [-0.2, 0) is 13.6 Å². The predicted octanol–water partition coefficient (Wildman–Crippen LogP) is 3.74. The topological polar surface area (TPSA) is 55.8 Å². The predicted molar refractivity (Wildman–Crippen MR) is 65.3 cm³/mol. The average molecular weight is 252 g/mol. The molecule has 0 amide bonds. The van der Waals surface area contributed by atoms with Gasteiger partial charge in [-0.2, -0.15) is 0 Å². The lowest BCUT2D eigenvalue weighted by Gasteiger charge is -2.20. The van der Waals surface area contributed by atoms with Crippen molar-refractivity contribution in [3.63, 3.8) is 0 Å². The number of phosphoric acid groups is 1. The Morgan fingerprint density at radius 3 is 2.31 bits per heavy atom. The van der Waals surface area contributed by atoms with Crippen LogP contribution in [0.2, 0.25) is 0 Å². The normalized spacial score (nSPS) is 17.4. The minimum atomic E-state index is -3.84. The first-order valence-electron chi connectivity index (χ1n) is 6.07. The number of hydrogen-bond acceptors (Lipinski definition) is 3. The van der Waals surface area contributed by atoms with Gasteiger partial charge in [-0.15, -0.1) is 0 Å². The highest BCUT2D eigenvalue weighted by atomic mass is 31.2. The molecule has 98 valence electrons. The maximum absolute atomic E-state index is 11.5. The summed E-state index contributed by atoms with van der Waals surface area (Å²) in [6, 6.07) is 0. The highest BCUT2D eigenvalue weighted by Crippen LogP contribution is 2.45. The molecule has 0 radical (unpaired) electrons. The van der Waals surface area contributed by atoms with Crippen molar-refractivity contribution in [3.8, 4) is 0 Å². The van der Waals surface area contributed by atoms with Crippen LogP contribution in [0.3, 0.4) is 0 Å². The second-order valence-electron chi connectivity index (χ2n) is 4.41. The van der Waals surface area contributed by atoms with Crippen LogP contribution in [0.5, 0.6) is 0 Å². The van der Waals surface area contributed by atoms with Gasteiger partial charge in [0, 0.05) is 0 Å². The van der Waals surface area contributed by atoms with Crippen LogP contribution in [0.1, 0.15) is 53.4 Å². The zero-order chi connectivity index (χ0) is 12.6. The van der Waals surface area contributed by atoms with Crippen LogP contribution < -0.4 is 0 Å². The standard InChI is InChI=1S/C11H25O4P/c1-5-9-14-16(12,13)15-11(6-2)8-7-10(3)4/h10-11H,5-9H2,1-4H3,(H,12,13). The second-order valence-corrected chi connectivity index (χ2v) is 5.81. The van der Waals surface area contributed by atoms with Crippen molar-refractivity contribution in [2.24, 2.45) is 5.92 Å². The Labute approximate surface area is 99.0 Å². The third-order valence-electron chi connectivity index (χ3n) is 2.26. The largest absolute Gasteiger partial charge is 0.472 e. The first-order valence-corrected chi connectivity index (χ1v) is 7.56. The molecule has 2 atom stereocenters. The van der Waals surface area contributed by atoms with Crippen LogP contribution >= 0.6 is 7.82 Å². The van der Waals surface area contributed by atoms with Gasteiger partial charge in [0.25, 0.3) is 0 Å². The van der Waals surface area contributed by atoms with Crippen LogP contribution in [0.25, 0.3) is 0 Å². The SMILES string of the molecule is CCCOP(=O)(O)OC(CC)CCC(C)C. The Kier molecular flexibility index (Phi) is 8.29. The van der Waals surface area contributed by atoms with E-state index in [9.17, 15) is 9.46 Å². The van der Waals surface area contributed by atoms with Crippen molar-refractivity contribution >= 4 is 7.82 Å². The van der Waals surface area contributed by atoms with E-state index in [4.69, 9.17) is 9.05 Å². The fourth-order valence-corrected chi connectivity index (χ4v) is 2.38. The van der Waals surface area contributed by atoms with Crippen LogP contribution in [0, 0.1) is 5.92 Å². The van der Waals surface area contributed by atoms with Gasteiger partial charge < -0.3 is 4.89 Å². The van der Waals surface area contributed by atoms with E-state index in [1.54, 1.807) is 0 Å². The lowest BCUT2D eigenvalue weighted by Crippen LogP contribution is -2.12. The summed E-state index contributed by atoms with van der Waals surface area (Å²) in [6.07, 6.45) is 3.04. The summed E-state index contributed by atoms with van der Waals surface area (Å²) in [5, 5.41) is 0. The molecule has 0 aromatic rings. The summed E-state index contributed by atoms with van der Waals surface area (Å²) in [7, 11) is -3.84. The molecule has 0 aromatic heterocycles. The van der Waals surface area contributed by atoms with Gasteiger partial charge in [0.15, 0.2) is 0 Å². The van der Waals surface area contributed by atoms with Crippen molar-refractivity contribution in [3.05, 3.63) is 0 Å². The van der Waals surface area contributed by atoms with E-state index in [2.05, 4.69) is 13.8 Å². The molecule has 0 aliphatic rings. The molecule has 0 spiro atoms. The van der Waals surface area contributed by atoms with Crippen LogP contribution in [0.4, 0.5) is 0 Å². The summed E-state index contributed by atoms with van der Waals surface area (Å²) >= 11 is 0. The lowest BCUT2D eigenvalue weighted by atomic mass is 10.0. The van der Waals surface area contributed by atoms with Gasteiger partial charge in [0.2, 0.25) is 0 Å². The van der Waals surface area contributed by atoms with Crippen molar-refractivity contribution in [2.45, 2.75) is 59.5 Å². The smallest absolute Gasteiger partial charge is 0.302 e. The zero-order valence-corrected chi connectivity index (χ0v) is 11.7. The summed E-state index contributed by atoms with van der Waals surface area (Å²) in [4.78, 5) is 9.42. The summed E-state index contributed by atoms with van der Waals surface area (Å²) in [6.45, 7) is 8.34. The van der Waals surface area contributed by atoms with E-state index in [0.717, 1.165) is 19.3 Å². The van der Waals surface area contributed by atoms with Gasteiger partial charge in [0.1, 0.15) is 0 Å². The van der Waals surface area contributed by atoms with Crippen LogP contribution in [-0.4, -0.2) is 17.6 Å². The molecule has 1 N–H and O–H groups in total. The minimum absolute atomic E-state index is 0.185. The van der Waals surface area contributed by atoms with Gasteiger partial charge >= 0.3 is 7.82 Å². The van der Waals surface area contributed by atoms with Crippen molar-refractivity contribution in [1.82, 2.24) is 0 Å². The number of hydrogen-bond donors (Lipinski definition) is 1. The molecule has 0 fully saturated rings. The quantitative estimate of drug-likeness (QED) is 0.635. The van der Waals surface area contributed by atoms with Crippen molar-refractivity contribution in [2.75, 3.05) is 6.61 Å². The molecule has 0 saturated carbocycles. The molecular formula is C11H25O4P. The van der Waals surface area contributed by atoms with E-state index in [1.807, 2.05) is 13.8 Å². The third-order valence-corrected chi connectivity index (χ3v) is 3.34. The van der Waals surface area contributed by atoms with Crippen molar-refractivity contribution in [1.29, 1.82) is 0 Å². The Bertz CT molecular complexity index is 218. The van der Waals surface area contributed by atoms with E-state index < -0.39 is 7.82 Å². The first-order chi connectivity index (χ1) is 7.41. The fraction of sp³-hybridized carbons (Fsp3) is 1.00. The Hall–Kier alpha value is 0.110. The fourth-order valence-electron chi connectivity index (χ4n) is 1.28. The Morgan fingerprint density at radius 1 is 1.25 bits per heavy atom. The number of rotatable bonds is 9. The molecule has 0 saturated heterocycles. The molecule has 2 unspecified atom stereocenters. The molecule has 0 aliphatic carbocycles. The Morgan fingerprint density at radius 2 is 1.88 bits per heavy atom. The summed E-state index contributed by atoms with van der Waals surface area (Å²) < 4.78 is 21.4. The molecule has 5 heteroatoms. The van der Waals surface area contributed by atoms with Gasteiger partial charge in [-0.1, -0.05) is 27.7 Å². The van der Waals surface area contributed by atoms with E-state index >= 15 is 0 Å². The summed E-state index contributed by atoms with van der Waals surface area (Å²) in [5.41, 5.74) is 0. The van der Waals surface area contributed by atoms with E-state index in [1.165, 1.54) is 0 Å². The van der Waals surface area contributed by atoms with Gasteiger partial charge in [-0.3, -0.25) is 9.05 Å². The molecule has 4 nitrogen and oxygen atoms in total. The summed E-state index contributed by atoms with van der Waals surface area (Å²) in [5.74, 6) is 0.576. The molecule has 16 heavy (non-hydrogen) atoms.